The molecule has 4 nitrogen and oxygen atoms in total. The van der Waals surface area contributed by atoms with Crippen molar-refractivity contribution in [1.82, 2.24) is 4.90 Å². The molecule has 0 rings (SSSR count). The zero-order chi connectivity index (χ0) is 31.5. The molecular formula is C39H77NO3. The largest absolute Gasteiger partial charge is 0.464 e. The van der Waals surface area contributed by atoms with E-state index in [1.165, 1.54) is 167 Å². The van der Waals surface area contributed by atoms with Crippen molar-refractivity contribution in [3.05, 3.63) is 0 Å². The number of esters is 1. The molecule has 0 fully saturated rings. The Balaban J connectivity index is 3.38. The molecule has 0 aliphatic heterocycles. The van der Waals surface area contributed by atoms with Crippen LogP contribution < -0.4 is 0 Å². The minimum absolute atomic E-state index is 0.113. The van der Waals surface area contributed by atoms with E-state index in [0.29, 0.717) is 26.0 Å². The van der Waals surface area contributed by atoms with E-state index in [2.05, 4.69) is 13.8 Å². The third kappa shape index (κ3) is 33.7. The predicted molar refractivity (Wildman–Crippen MR) is 188 cm³/mol. The summed E-state index contributed by atoms with van der Waals surface area (Å²) in [6.07, 6.45) is 41.1. The first-order chi connectivity index (χ1) is 21.1. The molecule has 4 heteroatoms. The summed E-state index contributed by atoms with van der Waals surface area (Å²) in [5.74, 6) is 0.0612. The van der Waals surface area contributed by atoms with Crippen LogP contribution in [0.15, 0.2) is 0 Å². The normalized spacial score (nSPS) is 11.2. The number of nitrogens with zero attached hydrogens (tertiary/aromatic N) is 1. The Morgan fingerprint density at radius 1 is 0.419 bits per heavy atom. The van der Waals surface area contributed by atoms with Gasteiger partial charge in [-0.25, -0.2) is 0 Å². The lowest BCUT2D eigenvalue weighted by molar-refractivity contribution is -0.145. The van der Waals surface area contributed by atoms with Gasteiger partial charge < -0.3 is 9.64 Å². The maximum Gasteiger partial charge on any atom is 0.305 e. The van der Waals surface area contributed by atoms with Crippen molar-refractivity contribution < 1.29 is 14.3 Å². The molecule has 0 atom stereocenters. The standard InChI is InChI=1S/C39H77NO3/c1-4-6-8-10-12-14-16-18-20-22-24-26-28-30-32-34-38(41)40(3)36-37-43-39(42)35-33-31-29-27-25-23-21-19-17-15-13-11-9-7-5-2/h4-37H2,1-3H3. The number of ether oxygens (including phenoxy) is 1. The fraction of sp³-hybridized carbons (Fsp3) is 0.949. The van der Waals surface area contributed by atoms with Gasteiger partial charge in [-0.1, -0.05) is 194 Å². The fourth-order valence-electron chi connectivity index (χ4n) is 5.97. The van der Waals surface area contributed by atoms with Crippen LogP contribution in [0.5, 0.6) is 0 Å². The minimum Gasteiger partial charge on any atom is -0.464 e. The Bertz CT molecular complexity index is 579. The minimum atomic E-state index is -0.113. The van der Waals surface area contributed by atoms with Crippen molar-refractivity contribution in [2.24, 2.45) is 0 Å². The summed E-state index contributed by atoms with van der Waals surface area (Å²) in [4.78, 5) is 26.1. The molecule has 0 bridgehead atoms. The number of hydrogen-bond acceptors (Lipinski definition) is 3. The van der Waals surface area contributed by atoms with E-state index in [4.69, 9.17) is 4.74 Å². The molecule has 0 aromatic carbocycles. The maximum absolute atomic E-state index is 12.4. The molecule has 0 saturated carbocycles. The maximum atomic E-state index is 12.4. The summed E-state index contributed by atoms with van der Waals surface area (Å²) in [5, 5.41) is 0. The van der Waals surface area contributed by atoms with E-state index in [1.807, 2.05) is 7.05 Å². The van der Waals surface area contributed by atoms with Crippen LogP contribution in [0.3, 0.4) is 0 Å². The van der Waals surface area contributed by atoms with E-state index in [1.54, 1.807) is 4.90 Å². The highest BCUT2D eigenvalue weighted by atomic mass is 16.5. The first kappa shape index (κ1) is 41.9. The molecule has 0 aliphatic rings. The van der Waals surface area contributed by atoms with Crippen molar-refractivity contribution >= 4 is 11.9 Å². The van der Waals surface area contributed by atoms with E-state index in [9.17, 15) is 9.59 Å². The average Bonchev–Trinajstić information content (AvgIpc) is 3.00. The first-order valence-corrected chi connectivity index (χ1v) is 19.5. The smallest absolute Gasteiger partial charge is 0.305 e. The van der Waals surface area contributed by atoms with Gasteiger partial charge in [0.1, 0.15) is 6.61 Å². The highest BCUT2D eigenvalue weighted by Gasteiger charge is 2.10. The molecule has 256 valence electrons. The van der Waals surface area contributed by atoms with Gasteiger partial charge in [0.15, 0.2) is 0 Å². The average molecular weight is 608 g/mol. The van der Waals surface area contributed by atoms with Crippen molar-refractivity contribution in [2.75, 3.05) is 20.2 Å². The number of rotatable bonds is 35. The van der Waals surface area contributed by atoms with Gasteiger partial charge in [0.2, 0.25) is 5.91 Å². The quantitative estimate of drug-likeness (QED) is 0.0532. The summed E-state index contributed by atoms with van der Waals surface area (Å²) in [6.45, 7) is 5.38. The number of carbonyl (C=O) groups is 2. The van der Waals surface area contributed by atoms with Crippen LogP contribution in [0, 0.1) is 0 Å². The van der Waals surface area contributed by atoms with E-state index < -0.39 is 0 Å². The molecule has 43 heavy (non-hydrogen) atoms. The molecule has 0 aromatic rings. The van der Waals surface area contributed by atoms with Gasteiger partial charge in [0.05, 0.1) is 6.54 Å². The van der Waals surface area contributed by atoms with Crippen molar-refractivity contribution in [1.29, 1.82) is 0 Å². The summed E-state index contributed by atoms with van der Waals surface area (Å²) in [7, 11) is 1.83. The zero-order valence-electron chi connectivity index (χ0n) is 29.7. The van der Waals surface area contributed by atoms with Crippen LogP contribution in [0.4, 0.5) is 0 Å². The van der Waals surface area contributed by atoms with Crippen LogP contribution >= 0.6 is 0 Å². The molecule has 0 N–H and O–H groups in total. The summed E-state index contributed by atoms with van der Waals surface area (Å²) in [6, 6.07) is 0. The molecule has 0 saturated heterocycles. The van der Waals surface area contributed by atoms with Crippen molar-refractivity contribution in [3.8, 4) is 0 Å². The van der Waals surface area contributed by atoms with E-state index in [0.717, 1.165) is 25.7 Å². The number of hydrogen-bond donors (Lipinski definition) is 0. The number of likely N-dealkylation sites (N-methyl/N-ethyl adjacent to an activating group) is 1. The Morgan fingerprint density at radius 2 is 0.698 bits per heavy atom. The van der Waals surface area contributed by atoms with E-state index >= 15 is 0 Å². The number of carbonyl (C=O) groups excluding carboxylic acids is 2. The Hall–Kier alpha value is -1.06. The highest BCUT2D eigenvalue weighted by Crippen LogP contribution is 2.15. The molecule has 0 spiro atoms. The highest BCUT2D eigenvalue weighted by molar-refractivity contribution is 5.75. The molecule has 0 heterocycles. The second-order valence-electron chi connectivity index (χ2n) is 13.4. The van der Waals surface area contributed by atoms with Gasteiger partial charge in [0.25, 0.3) is 0 Å². The summed E-state index contributed by atoms with van der Waals surface area (Å²) >= 11 is 0. The Morgan fingerprint density at radius 3 is 1.02 bits per heavy atom. The summed E-state index contributed by atoms with van der Waals surface area (Å²) in [5.41, 5.74) is 0. The molecular weight excluding hydrogens is 530 g/mol. The van der Waals surface area contributed by atoms with Crippen LogP contribution in [-0.4, -0.2) is 37.0 Å². The second kappa shape index (κ2) is 35.4. The van der Waals surface area contributed by atoms with Crippen molar-refractivity contribution in [2.45, 2.75) is 219 Å². The third-order valence-electron chi connectivity index (χ3n) is 9.09. The van der Waals surface area contributed by atoms with Crippen LogP contribution in [0.2, 0.25) is 0 Å². The van der Waals surface area contributed by atoms with Crippen LogP contribution in [-0.2, 0) is 14.3 Å². The van der Waals surface area contributed by atoms with Gasteiger partial charge in [0, 0.05) is 19.9 Å². The predicted octanol–water partition coefficient (Wildman–Crippen LogP) is 12.5. The van der Waals surface area contributed by atoms with E-state index in [-0.39, 0.29) is 11.9 Å². The van der Waals surface area contributed by atoms with Gasteiger partial charge in [-0.2, -0.15) is 0 Å². The van der Waals surface area contributed by atoms with Crippen LogP contribution in [0.25, 0.3) is 0 Å². The molecule has 0 radical (unpaired) electrons. The fourth-order valence-corrected chi connectivity index (χ4v) is 5.97. The lowest BCUT2D eigenvalue weighted by atomic mass is 10.0. The van der Waals surface area contributed by atoms with Gasteiger partial charge in [-0.3, -0.25) is 9.59 Å². The lowest BCUT2D eigenvalue weighted by Gasteiger charge is -2.17. The molecule has 0 aliphatic carbocycles. The van der Waals surface area contributed by atoms with Crippen LogP contribution in [0.1, 0.15) is 219 Å². The Kier molecular flexibility index (Phi) is 34.5. The van der Waals surface area contributed by atoms with Gasteiger partial charge in [-0.05, 0) is 12.8 Å². The SMILES string of the molecule is CCCCCCCCCCCCCCCCCC(=O)OCCN(C)C(=O)CCCCCCCCCCCCCCCCC. The first-order valence-electron chi connectivity index (χ1n) is 19.5. The van der Waals surface area contributed by atoms with Gasteiger partial charge >= 0.3 is 5.97 Å². The molecule has 0 aromatic heterocycles. The van der Waals surface area contributed by atoms with Gasteiger partial charge in [-0.15, -0.1) is 0 Å². The summed E-state index contributed by atoms with van der Waals surface area (Å²) < 4.78 is 5.38. The zero-order valence-corrected chi connectivity index (χ0v) is 29.7. The van der Waals surface area contributed by atoms with Crippen molar-refractivity contribution in [3.63, 3.8) is 0 Å². The number of unbranched alkanes of at least 4 members (excludes halogenated alkanes) is 28. The third-order valence-corrected chi connectivity index (χ3v) is 9.09. The Labute approximate surface area is 270 Å². The number of amides is 1. The second-order valence-corrected chi connectivity index (χ2v) is 13.4. The molecule has 0 unspecified atom stereocenters. The monoisotopic (exact) mass is 608 g/mol. The lowest BCUT2D eigenvalue weighted by Crippen LogP contribution is -2.30. The molecule has 1 amide bonds. The topological polar surface area (TPSA) is 46.6 Å².